The summed E-state index contributed by atoms with van der Waals surface area (Å²) >= 11 is 0. The van der Waals surface area contributed by atoms with Crippen molar-refractivity contribution < 1.29 is 9.84 Å². The maximum Gasteiger partial charge on any atom is 0.0623 e. The molecule has 4 nitrogen and oxygen atoms in total. The van der Waals surface area contributed by atoms with E-state index in [2.05, 4.69) is 31.0 Å². The van der Waals surface area contributed by atoms with Gasteiger partial charge in [0.1, 0.15) is 0 Å². The van der Waals surface area contributed by atoms with Crippen LogP contribution in [0.3, 0.4) is 0 Å². The smallest absolute Gasteiger partial charge is 0.0623 e. The van der Waals surface area contributed by atoms with Crippen LogP contribution in [0, 0.1) is 0 Å². The molecule has 2 unspecified atom stereocenters. The standard InChI is InChI=1S/C13H28N2O2/c1-5-15(11(2)8-17-4)9-13(3,10-16)14-12-6-7-12/h11-12,14,16H,5-10H2,1-4H3. The molecule has 0 spiro atoms. The number of nitrogens with one attached hydrogen (secondary N) is 1. The molecule has 0 bridgehead atoms. The molecule has 1 fully saturated rings. The van der Waals surface area contributed by atoms with Crippen LogP contribution in [0.2, 0.25) is 0 Å². The Balaban J connectivity index is 2.49. The van der Waals surface area contributed by atoms with Crippen molar-refractivity contribution in [3.8, 4) is 0 Å². The lowest BCUT2D eigenvalue weighted by molar-refractivity contribution is 0.0627. The van der Waals surface area contributed by atoms with Gasteiger partial charge in [-0.15, -0.1) is 0 Å². The molecule has 2 atom stereocenters. The first-order chi connectivity index (χ1) is 8.04. The molecule has 0 aromatic rings. The summed E-state index contributed by atoms with van der Waals surface area (Å²) in [5, 5.41) is 13.1. The van der Waals surface area contributed by atoms with Gasteiger partial charge >= 0.3 is 0 Å². The fourth-order valence-corrected chi connectivity index (χ4v) is 2.24. The molecule has 0 radical (unpaired) electrons. The van der Waals surface area contributed by atoms with E-state index in [-0.39, 0.29) is 12.1 Å². The van der Waals surface area contributed by atoms with Gasteiger partial charge in [0.05, 0.1) is 18.8 Å². The van der Waals surface area contributed by atoms with Gasteiger partial charge in [-0.05, 0) is 33.2 Å². The SMILES string of the molecule is CCN(CC(C)(CO)NC1CC1)C(C)COC. The number of hydrogen-bond donors (Lipinski definition) is 2. The van der Waals surface area contributed by atoms with Crippen molar-refractivity contribution >= 4 is 0 Å². The van der Waals surface area contributed by atoms with Crippen LogP contribution in [-0.4, -0.2) is 61.0 Å². The molecule has 0 aromatic heterocycles. The molecule has 2 N–H and O–H groups in total. The van der Waals surface area contributed by atoms with Gasteiger partial charge in [0, 0.05) is 25.7 Å². The second-order valence-electron chi connectivity index (χ2n) is 5.50. The zero-order valence-electron chi connectivity index (χ0n) is 11.7. The minimum absolute atomic E-state index is 0.180. The molecule has 0 aromatic carbocycles. The molecule has 1 aliphatic carbocycles. The monoisotopic (exact) mass is 244 g/mol. The average Bonchev–Trinajstić information content (AvgIpc) is 3.10. The van der Waals surface area contributed by atoms with Crippen LogP contribution in [0.4, 0.5) is 0 Å². The summed E-state index contributed by atoms with van der Waals surface area (Å²) in [6.45, 7) is 9.18. The van der Waals surface area contributed by atoms with Gasteiger partial charge in [-0.2, -0.15) is 0 Å². The second kappa shape index (κ2) is 6.69. The maximum atomic E-state index is 9.60. The zero-order valence-corrected chi connectivity index (χ0v) is 11.7. The van der Waals surface area contributed by atoms with Gasteiger partial charge in [0.25, 0.3) is 0 Å². The first kappa shape index (κ1) is 14.9. The number of nitrogens with zero attached hydrogens (tertiary/aromatic N) is 1. The quantitative estimate of drug-likeness (QED) is 0.631. The molecule has 0 aliphatic heterocycles. The summed E-state index contributed by atoms with van der Waals surface area (Å²) in [4.78, 5) is 2.36. The second-order valence-corrected chi connectivity index (χ2v) is 5.50. The third-order valence-electron chi connectivity index (χ3n) is 3.47. The van der Waals surface area contributed by atoms with Gasteiger partial charge < -0.3 is 15.2 Å². The van der Waals surface area contributed by atoms with E-state index in [1.165, 1.54) is 12.8 Å². The average molecular weight is 244 g/mol. The van der Waals surface area contributed by atoms with Gasteiger partial charge in [0.2, 0.25) is 0 Å². The van der Waals surface area contributed by atoms with Gasteiger partial charge in [-0.3, -0.25) is 4.90 Å². The lowest BCUT2D eigenvalue weighted by Gasteiger charge is -2.37. The zero-order chi connectivity index (χ0) is 12.9. The Kier molecular flexibility index (Phi) is 5.86. The van der Waals surface area contributed by atoms with Crippen LogP contribution >= 0.6 is 0 Å². The van der Waals surface area contributed by atoms with E-state index < -0.39 is 0 Å². The molecule has 0 heterocycles. The summed E-state index contributed by atoms with van der Waals surface area (Å²) in [5.74, 6) is 0. The Morgan fingerprint density at radius 1 is 1.53 bits per heavy atom. The summed E-state index contributed by atoms with van der Waals surface area (Å²) < 4.78 is 5.20. The fourth-order valence-electron chi connectivity index (χ4n) is 2.24. The van der Waals surface area contributed by atoms with E-state index in [0.717, 1.165) is 19.7 Å². The number of aliphatic hydroxyl groups is 1. The highest BCUT2D eigenvalue weighted by Gasteiger charge is 2.34. The van der Waals surface area contributed by atoms with Crippen LogP contribution in [0.1, 0.15) is 33.6 Å². The Hall–Kier alpha value is -0.160. The van der Waals surface area contributed by atoms with Crippen molar-refractivity contribution in [2.24, 2.45) is 0 Å². The van der Waals surface area contributed by atoms with Crippen molar-refractivity contribution in [2.75, 3.05) is 33.4 Å². The molecule has 4 heteroatoms. The van der Waals surface area contributed by atoms with Crippen molar-refractivity contribution in [1.82, 2.24) is 10.2 Å². The molecular weight excluding hydrogens is 216 g/mol. The summed E-state index contributed by atoms with van der Waals surface area (Å²) in [6, 6.07) is 1.00. The first-order valence-electron chi connectivity index (χ1n) is 6.66. The molecule has 1 aliphatic rings. The van der Waals surface area contributed by atoms with Crippen molar-refractivity contribution in [3.05, 3.63) is 0 Å². The van der Waals surface area contributed by atoms with Crippen LogP contribution in [0.5, 0.6) is 0 Å². The number of methoxy groups -OCH3 is 1. The van der Waals surface area contributed by atoms with E-state index in [1.807, 2.05) is 0 Å². The third-order valence-corrected chi connectivity index (χ3v) is 3.47. The molecule has 0 saturated heterocycles. The van der Waals surface area contributed by atoms with E-state index >= 15 is 0 Å². The fraction of sp³-hybridized carbons (Fsp3) is 1.00. The van der Waals surface area contributed by atoms with Crippen LogP contribution in [0.25, 0.3) is 0 Å². The van der Waals surface area contributed by atoms with Gasteiger partial charge in [-0.1, -0.05) is 6.92 Å². The minimum atomic E-state index is -0.195. The van der Waals surface area contributed by atoms with Crippen molar-refractivity contribution in [1.29, 1.82) is 0 Å². The highest BCUT2D eigenvalue weighted by Crippen LogP contribution is 2.23. The minimum Gasteiger partial charge on any atom is -0.394 e. The molecule has 1 saturated carbocycles. The summed E-state index contributed by atoms with van der Waals surface area (Å²) in [5.41, 5.74) is -0.195. The highest BCUT2D eigenvalue weighted by molar-refractivity contribution is 4.94. The van der Waals surface area contributed by atoms with E-state index in [4.69, 9.17) is 4.74 Å². The van der Waals surface area contributed by atoms with Crippen molar-refractivity contribution in [2.45, 2.75) is 51.2 Å². The van der Waals surface area contributed by atoms with Gasteiger partial charge in [0.15, 0.2) is 0 Å². The summed E-state index contributed by atoms with van der Waals surface area (Å²) in [7, 11) is 1.73. The third kappa shape index (κ3) is 4.92. The predicted molar refractivity (Wildman–Crippen MR) is 70.2 cm³/mol. The Morgan fingerprint density at radius 2 is 2.18 bits per heavy atom. The number of likely N-dealkylation sites (N-methyl/N-ethyl adjacent to an activating group) is 1. The molecule has 0 amide bonds. The highest BCUT2D eigenvalue weighted by atomic mass is 16.5. The number of rotatable bonds is 9. The number of ether oxygens (including phenoxy) is 1. The lowest BCUT2D eigenvalue weighted by Crippen LogP contribution is -2.56. The Morgan fingerprint density at radius 3 is 2.59 bits per heavy atom. The molecule has 17 heavy (non-hydrogen) atoms. The maximum absolute atomic E-state index is 9.60. The topological polar surface area (TPSA) is 44.7 Å². The van der Waals surface area contributed by atoms with Crippen LogP contribution in [-0.2, 0) is 4.74 Å². The largest absolute Gasteiger partial charge is 0.394 e. The summed E-state index contributed by atoms with van der Waals surface area (Å²) in [6.07, 6.45) is 2.49. The Bertz CT molecular complexity index is 221. The molecule has 1 rings (SSSR count). The first-order valence-corrected chi connectivity index (χ1v) is 6.66. The molecular formula is C13H28N2O2. The van der Waals surface area contributed by atoms with Crippen LogP contribution in [0.15, 0.2) is 0 Å². The predicted octanol–water partition coefficient (Wildman–Crippen LogP) is 0.846. The lowest BCUT2D eigenvalue weighted by atomic mass is 10.0. The van der Waals surface area contributed by atoms with Gasteiger partial charge in [-0.25, -0.2) is 0 Å². The molecule has 102 valence electrons. The Labute approximate surface area is 105 Å². The normalized spacial score (nSPS) is 21.5. The van der Waals surface area contributed by atoms with Crippen LogP contribution < -0.4 is 5.32 Å². The van der Waals surface area contributed by atoms with E-state index in [1.54, 1.807) is 7.11 Å². The van der Waals surface area contributed by atoms with Crippen molar-refractivity contribution in [3.63, 3.8) is 0 Å². The van der Waals surface area contributed by atoms with E-state index in [0.29, 0.717) is 12.1 Å². The number of hydrogen-bond acceptors (Lipinski definition) is 4. The number of aliphatic hydroxyl groups excluding tert-OH is 1. The van der Waals surface area contributed by atoms with E-state index in [9.17, 15) is 5.11 Å².